The average Bonchev–Trinajstić information content (AvgIpc) is 3.15. The zero-order chi connectivity index (χ0) is 39.8. The monoisotopic (exact) mass is 751 g/mol. The lowest BCUT2D eigenvalue weighted by atomic mass is 9.83. The molecule has 54 heavy (non-hydrogen) atoms. The zero-order valence-electron chi connectivity index (χ0n) is 30.7. The van der Waals surface area contributed by atoms with Crippen molar-refractivity contribution in [2.75, 3.05) is 0 Å². The molecule has 0 heterocycles. The Bertz CT molecular complexity index is 1550. The Morgan fingerprint density at radius 1 is 0.685 bits per heavy atom. The average molecular weight is 752 g/mol. The van der Waals surface area contributed by atoms with Gasteiger partial charge in [0.1, 0.15) is 24.2 Å². The molecule has 15 heteroatoms. The fourth-order valence-electron chi connectivity index (χ4n) is 6.73. The van der Waals surface area contributed by atoms with Crippen molar-refractivity contribution in [1.82, 2.24) is 21.3 Å². The number of carbonyl (C=O) groups excluding carboxylic acids is 4. The molecule has 0 spiro atoms. The lowest BCUT2D eigenvalue weighted by Crippen LogP contribution is -2.61. The number of benzene rings is 2. The summed E-state index contributed by atoms with van der Waals surface area (Å²) in [6, 6.07) is 10.6. The molecule has 0 radical (unpaired) electrons. The van der Waals surface area contributed by atoms with Gasteiger partial charge >= 0.3 is 17.9 Å². The lowest BCUT2D eigenvalue weighted by Gasteiger charge is -2.33. The predicted octanol–water partition coefficient (Wildman–Crippen LogP) is 2.53. The first-order valence-electron chi connectivity index (χ1n) is 18.4. The number of amides is 4. The number of nitrogens with two attached hydrogens (primary N) is 1. The second-order valence-electron chi connectivity index (χ2n) is 14.0. The van der Waals surface area contributed by atoms with Crippen molar-refractivity contribution >= 4 is 41.5 Å². The van der Waals surface area contributed by atoms with Crippen LogP contribution < -0.4 is 27.0 Å². The van der Waals surface area contributed by atoms with Gasteiger partial charge in [0.25, 0.3) is 0 Å². The summed E-state index contributed by atoms with van der Waals surface area (Å²) in [6.07, 6.45) is 3.74. The van der Waals surface area contributed by atoms with Gasteiger partial charge in [-0.05, 0) is 35.8 Å². The molecule has 3 rings (SSSR count). The zero-order valence-corrected chi connectivity index (χ0v) is 30.7. The second kappa shape index (κ2) is 21.4. The minimum atomic E-state index is -1.55. The molecule has 0 aromatic heterocycles. The molecule has 1 aliphatic rings. The van der Waals surface area contributed by atoms with E-state index in [9.17, 15) is 43.8 Å². The Kier molecular flexibility index (Phi) is 17.1. The highest BCUT2D eigenvalue weighted by Gasteiger charge is 2.38. The topological polar surface area (TPSA) is 254 Å². The number of hydrogen-bond acceptors (Lipinski definition) is 8. The van der Waals surface area contributed by atoms with Crippen molar-refractivity contribution in [3.8, 4) is 0 Å². The number of carboxylic acid groups (broad SMARTS) is 3. The van der Waals surface area contributed by atoms with Gasteiger partial charge in [-0.3, -0.25) is 28.8 Å². The smallest absolute Gasteiger partial charge is 0.326 e. The van der Waals surface area contributed by atoms with Gasteiger partial charge in [-0.25, -0.2) is 4.79 Å². The lowest BCUT2D eigenvalue weighted by molar-refractivity contribution is -0.143. The number of rotatable bonds is 21. The van der Waals surface area contributed by atoms with Crippen LogP contribution >= 0.6 is 0 Å². The number of hydrogen-bond donors (Lipinski definition) is 8. The van der Waals surface area contributed by atoms with E-state index in [0.717, 1.165) is 32.1 Å². The Morgan fingerprint density at radius 3 is 1.70 bits per heavy atom. The third-order valence-electron chi connectivity index (χ3n) is 9.94. The first-order valence-corrected chi connectivity index (χ1v) is 18.4. The minimum Gasteiger partial charge on any atom is -0.481 e. The first kappa shape index (κ1) is 43.1. The van der Waals surface area contributed by atoms with Crippen LogP contribution in [0.4, 0.5) is 0 Å². The maximum Gasteiger partial charge on any atom is 0.326 e. The van der Waals surface area contributed by atoms with E-state index in [2.05, 4.69) is 21.3 Å². The molecule has 1 saturated carbocycles. The molecule has 4 amide bonds. The quantitative estimate of drug-likeness (QED) is 0.0920. The molecule has 15 nitrogen and oxygen atoms in total. The Morgan fingerprint density at radius 2 is 1.20 bits per heavy atom. The van der Waals surface area contributed by atoms with Crippen LogP contribution in [0.15, 0.2) is 60.7 Å². The molecule has 9 N–H and O–H groups in total. The summed E-state index contributed by atoms with van der Waals surface area (Å²) in [4.78, 5) is 90.3. The summed E-state index contributed by atoms with van der Waals surface area (Å²) in [5, 5.41) is 39.0. The minimum absolute atomic E-state index is 0.141. The van der Waals surface area contributed by atoms with Crippen LogP contribution in [-0.2, 0) is 33.6 Å². The molecule has 2 aromatic carbocycles. The molecule has 2 aromatic rings. The summed E-state index contributed by atoms with van der Waals surface area (Å²) < 4.78 is 0. The van der Waals surface area contributed by atoms with E-state index in [1.807, 2.05) is 6.92 Å². The highest BCUT2D eigenvalue weighted by atomic mass is 16.4. The molecule has 0 bridgehead atoms. The van der Waals surface area contributed by atoms with E-state index in [1.165, 1.54) is 0 Å². The number of aliphatic carboxylic acids is 3. The van der Waals surface area contributed by atoms with Gasteiger partial charge in [0.05, 0.1) is 12.5 Å². The first-order chi connectivity index (χ1) is 25.7. The fourth-order valence-corrected chi connectivity index (χ4v) is 6.73. The molecule has 1 fully saturated rings. The van der Waals surface area contributed by atoms with Crippen LogP contribution in [0, 0.1) is 11.8 Å². The standard InChI is InChI=1S/C39H53N5O10/c1-3-23(2)33(37(51)42-29(39(53)54)21-24-13-7-4-8-14-24)43-38(52)34(32(25-15-9-5-10-16-25)26-17-11-6-12-18-26)44-36(50)28(19-20-30(45)46)41-35(49)27(40)22-31(47)48/h5-6,9-12,15-18,23-24,27-29,32-34H,3-4,7-8,13-14,19-22,40H2,1-2H3,(H,41,49)(H,42,51)(H,43,52)(H,44,50)(H,45,46)(H,47,48)(H,53,54)/t23-,27-,28-,29-,33-,34-/m0/s1. The van der Waals surface area contributed by atoms with Gasteiger partial charge in [0.15, 0.2) is 0 Å². The van der Waals surface area contributed by atoms with Crippen molar-refractivity contribution in [3.63, 3.8) is 0 Å². The van der Waals surface area contributed by atoms with Crippen LogP contribution in [0.25, 0.3) is 0 Å². The number of nitrogens with one attached hydrogen (secondary N) is 4. The summed E-state index contributed by atoms with van der Waals surface area (Å²) in [5.41, 5.74) is 6.92. The van der Waals surface area contributed by atoms with Crippen LogP contribution in [0.2, 0.25) is 0 Å². The number of carbonyl (C=O) groups is 7. The van der Waals surface area contributed by atoms with E-state index in [-0.39, 0.29) is 12.3 Å². The molecular formula is C39H53N5O10. The molecule has 0 saturated heterocycles. The van der Waals surface area contributed by atoms with E-state index in [0.29, 0.717) is 17.5 Å². The van der Waals surface area contributed by atoms with Crippen LogP contribution in [0.1, 0.15) is 95.1 Å². The van der Waals surface area contributed by atoms with Crippen molar-refractivity contribution in [3.05, 3.63) is 71.8 Å². The summed E-state index contributed by atoms with van der Waals surface area (Å²) in [7, 11) is 0. The van der Waals surface area contributed by atoms with E-state index in [1.54, 1.807) is 67.6 Å². The maximum absolute atomic E-state index is 14.6. The molecule has 6 atom stereocenters. The highest BCUT2D eigenvalue weighted by Crippen LogP contribution is 2.30. The SMILES string of the molecule is CC[C@H](C)[C@H](NC(=O)[C@@H](NC(=O)[C@H](CCC(=O)O)NC(=O)[C@@H](N)CC(=O)O)C(c1ccccc1)c1ccccc1)C(=O)N[C@@H](CC1CCCCC1)C(=O)O. The van der Waals surface area contributed by atoms with Gasteiger partial charge in [0, 0.05) is 12.3 Å². The Labute approximate surface area is 314 Å². The van der Waals surface area contributed by atoms with Gasteiger partial charge in [-0.1, -0.05) is 113 Å². The molecular weight excluding hydrogens is 698 g/mol. The van der Waals surface area contributed by atoms with Crippen molar-refractivity contribution < 1.29 is 48.9 Å². The molecule has 1 aliphatic carbocycles. The number of carboxylic acids is 3. The van der Waals surface area contributed by atoms with Crippen molar-refractivity contribution in [2.45, 2.75) is 114 Å². The van der Waals surface area contributed by atoms with Gasteiger partial charge in [0.2, 0.25) is 23.6 Å². The van der Waals surface area contributed by atoms with E-state index in [4.69, 9.17) is 10.8 Å². The van der Waals surface area contributed by atoms with E-state index < -0.39 is 103 Å². The normalized spacial score (nSPS) is 16.4. The summed E-state index contributed by atoms with van der Waals surface area (Å²) in [6.45, 7) is 3.55. The Balaban J connectivity index is 2.03. The van der Waals surface area contributed by atoms with Gasteiger partial charge in [-0.15, -0.1) is 0 Å². The fraction of sp³-hybridized carbons (Fsp3) is 0.513. The van der Waals surface area contributed by atoms with Gasteiger partial charge in [-0.2, -0.15) is 0 Å². The summed E-state index contributed by atoms with van der Waals surface area (Å²) >= 11 is 0. The summed E-state index contributed by atoms with van der Waals surface area (Å²) in [5.74, 6) is -8.48. The van der Waals surface area contributed by atoms with Crippen LogP contribution in [-0.4, -0.2) is 87.1 Å². The maximum atomic E-state index is 14.6. The Hall–Kier alpha value is -5.31. The molecule has 294 valence electrons. The highest BCUT2D eigenvalue weighted by molar-refractivity contribution is 5.96. The predicted molar refractivity (Wildman–Crippen MR) is 198 cm³/mol. The van der Waals surface area contributed by atoms with E-state index >= 15 is 0 Å². The second-order valence-corrected chi connectivity index (χ2v) is 14.0. The third kappa shape index (κ3) is 13.3. The molecule has 0 unspecified atom stereocenters. The largest absolute Gasteiger partial charge is 0.481 e. The van der Waals surface area contributed by atoms with Crippen LogP contribution in [0.3, 0.4) is 0 Å². The molecule has 0 aliphatic heterocycles. The third-order valence-corrected chi connectivity index (χ3v) is 9.94. The van der Waals surface area contributed by atoms with Crippen molar-refractivity contribution in [1.29, 1.82) is 0 Å². The van der Waals surface area contributed by atoms with Crippen LogP contribution in [0.5, 0.6) is 0 Å². The van der Waals surface area contributed by atoms with Crippen molar-refractivity contribution in [2.24, 2.45) is 17.6 Å². The van der Waals surface area contributed by atoms with Gasteiger partial charge < -0.3 is 42.3 Å².